The molecule has 4 heteroatoms. The lowest BCUT2D eigenvalue weighted by Gasteiger charge is -2.13. The van der Waals surface area contributed by atoms with E-state index in [1.807, 2.05) is 6.20 Å². The Bertz CT molecular complexity index is 393. The molecule has 1 aliphatic rings. The van der Waals surface area contributed by atoms with Crippen LogP contribution in [0.3, 0.4) is 0 Å². The van der Waals surface area contributed by atoms with Gasteiger partial charge in [0.05, 0.1) is 18.5 Å². The zero-order chi connectivity index (χ0) is 10.7. The number of nitrogens with one attached hydrogen (secondary N) is 1. The average Bonchev–Trinajstić information content (AvgIpc) is 2.67. The fourth-order valence-electron chi connectivity index (χ4n) is 1.84. The molecule has 1 aromatic rings. The standard InChI is InChI=1S/C11H14N2O2/c1-2-15-10(14)6-8-4-3-5-9-7-12-13-11(8)9/h6-7H,2-5H2,1H3,(H,12,13)/b8-6+. The van der Waals surface area contributed by atoms with Gasteiger partial charge >= 0.3 is 5.97 Å². The van der Waals surface area contributed by atoms with E-state index in [1.165, 1.54) is 5.56 Å². The molecule has 15 heavy (non-hydrogen) atoms. The lowest BCUT2D eigenvalue weighted by Crippen LogP contribution is -2.05. The molecule has 0 fully saturated rings. The molecule has 0 aliphatic heterocycles. The van der Waals surface area contributed by atoms with E-state index in [1.54, 1.807) is 13.0 Å². The number of hydrogen-bond donors (Lipinski definition) is 1. The van der Waals surface area contributed by atoms with Crippen molar-refractivity contribution in [1.29, 1.82) is 0 Å². The molecule has 0 aromatic carbocycles. The molecule has 1 heterocycles. The number of ether oxygens (including phenoxy) is 1. The molecule has 1 N–H and O–H groups in total. The zero-order valence-electron chi connectivity index (χ0n) is 8.75. The van der Waals surface area contributed by atoms with E-state index >= 15 is 0 Å². The number of aromatic nitrogens is 2. The second kappa shape index (κ2) is 4.29. The van der Waals surface area contributed by atoms with Gasteiger partial charge in [-0.05, 0) is 37.3 Å². The first-order chi connectivity index (χ1) is 7.31. The second-order valence-corrected chi connectivity index (χ2v) is 3.55. The molecule has 2 rings (SSSR count). The number of aromatic amines is 1. The maximum atomic E-state index is 11.3. The molecule has 1 aromatic heterocycles. The molecule has 0 spiro atoms. The topological polar surface area (TPSA) is 55.0 Å². The van der Waals surface area contributed by atoms with Crippen molar-refractivity contribution < 1.29 is 9.53 Å². The van der Waals surface area contributed by atoms with E-state index in [2.05, 4.69) is 10.2 Å². The van der Waals surface area contributed by atoms with Gasteiger partial charge in [0.25, 0.3) is 0 Å². The van der Waals surface area contributed by atoms with Gasteiger partial charge in [0.1, 0.15) is 0 Å². The highest BCUT2D eigenvalue weighted by Crippen LogP contribution is 2.28. The van der Waals surface area contributed by atoms with Gasteiger partial charge < -0.3 is 4.74 Å². The number of esters is 1. The Balaban J connectivity index is 2.22. The summed E-state index contributed by atoms with van der Waals surface area (Å²) in [4.78, 5) is 11.3. The van der Waals surface area contributed by atoms with E-state index in [-0.39, 0.29) is 5.97 Å². The van der Waals surface area contributed by atoms with Gasteiger partial charge in [0.15, 0.2) is 0 Å². The van der Waals surface area contributed by atoms with Crippen LogP contribution < -0.4 is 0 Å². The predicted molar refractivity (Wildman–Crippen MR) is 56.1 cm³/mol. The van der Waals surface area contributed by atoms with Crippen molar-refractivity contribution in [2.75, 3.05) is 6.61 Å². The molecule has 4 nitrogen and oxygen atoms in total. The van der Waals surface area contributed by atoms with E-state index in [4.69, 9.17) is 4.74 Å². The van der Waals surface area contributed by atoms with E-state index in [0.29, 0.717) is 6.61 Å². The number of carbonyl (C=O) groups excluding carboxylic acids is 1. The van der Waals surface area contributed by atoms with Gasteiger partial charge in [0, 0.05) is 6.08 Å². The van der Waals surface area contributed by atoms with Crippen molar-refractivity contribution in [1.82, 2.24) is 10.2 Å². The van der Waals surface area contributed by atoms with Gasteiger partial charge in [-0.1, -0.05) is 0 Å². The summed E-state index contributed by atoms with van der Waals surface area (Å²) in [5.74, 6) is -0.269. The smallest absolute Gasteiger partial charge is 0.331 e. The van der Waals surface area contributed by atoms with Crippen LogP contribution in [0.2, 0.25) is 0 Å². The number of hydrogen-bond acceptors (Lipinski definition) is 3. The SMILES string of the molecule is CCOC(=O)/C=C1\CCCc2cn[nH]c21. The van der Waals surface area contributed by atoms with Crippen LogP contribution in [0.5, 0.6) is 0 Å². The second-order valence-electron chi connectivity index (χ2n) is 3.55. The van der Waals surface area contributed by atoms with Gasteiger partial charge in [-0.2, -0.15) is 5.10 Å². The van der Waals surface area contributed by atoms with Crippen molar-refractivity contribution in [2.24, 2.45) is 0 Å². The minimum atomic E-state index is -0.269. The highest BCUT2D eigenvalue weighted by Gasteiger charge is 2.16. The molecule has 0 bridgehead atoms. The summed E-state index contributed by atoms with van der Waals surface area (Å²) in [5.41, 5.74) is 3.19. The van der Waals surface area contributed by atoms with Crippen LogP contribution >= 0.6 is 0 Å². The molecular formula is C11H14N2O2. The molecule has 80 valence electrons. The predicted octanol–water partition coefficient (Wildman–Crippen LogP) is 1.69. The van der Waals surface area contributed by atoms with Crippen molar-refractivity contribution >= 4 is 11.5 Å². The quantitative estimate of drug-likeness (QED) is 0.591. The number of rotatable bonds is 2. The largest absolute Gasteiger partial charge is 0.463 e. The Labute approximate surface area is 88.3 Å². The highest BCUT2D eigenvalue weighted by atomic mass is 16.5. The summed E-state index contributed by atoms with van der Waals surface area (Å²) in [6, 6.07) is 0. The number of allylic oxidation sites excluding steroid dienone is 1. The van der Waals surface area contributed by atoms with Crippen LogP contribution in [0.1, 0.15) is 31.0 Å². The summed E-state index contributed by atoms with van der Waals surface area (Å²) in [7, 11) is 0. The molecule has 0 atom stereocenters. The Kier molecular flexibility index (Phi) is 2.85. The Morgan fingerprint density at radius 2 is 2.53 bits per heavy atom. The minimum Gasteiger partial charge on any atom is -0.463 e. The lowest BCUT2D eigenvalue weighted by molar-refractivity contribution is -0.137. The van der Waals surface area contributed by atoms with Crippen LogP contribution in [0.15, 0.2) is 12.3 Å². The van der Waals surface area contributed by atoms with Gasteiger partial charge in [-0.25, -0.2) is 4.79 Å². The fraction of sp³-hybridized carbons (Fsp3) is 0.455. The lowest BCUT2D eigenvalue weighted by atomic mass is 9.93. The van der Waals surface area contributed by atoms with Crippen LogP contribution in [0.25, 0.3) is 5.57 Å². The molecule has 0 saturated heterocycles. The molecule has 0 unspecified atom stereocenters. The zero-order valence-corrected chi connectivity index (χ0v) is 8.75. The monoisotopic (exact) mass is 206 g/mol. The summed E-state index contributed by atoms with van der Waals surface area (Å²) >= 11 is 0. The number of fused-ring (bicyclic) bond motifs is 1. The maximum absolute atomic E-state index is 11.3. The van der Waals surface area contributed by atoms with Gasteiger partial charge in [-0.15, -0.1) is 0 Å². The summed E-state index contributed by atoms with van der Waals surface area (Å²) in [5, 5.41) is 6.92. The molecule has 1 aliphatic carbocycles. The Hall–Kier alpha value is -1.58. The van der Waals surface area contributed by atoms with Gasteiger partial charge in [0.2, 0.25) is 0 Å². The third-order valence-corrected chi connectivity index (χ3v) is 2.51. The van der Waals surface area contributed by atoms with Crippen molar-refractivity contribution in [3.63, 3.8) is 0 Å². The highest BCUT2D eigenvalue weighted by molar-refractivity contribution is 5.91. The third-order valence-electron chi connectivity index (χ3n) is 2.51. The molecule has 0 radical (unpaired) electrons. The number of H-pyrrole nitrogens is 1. The molecule has 0 amide bonds. The Morgan fingerprint density at radius 3 is 3.33 bits per heavy atom. The fourth-order valence-corrected chi connectivity index (χ4v) is 1.84. The Morgan fingerprint density at radius 1 is 1.67 bits per heavy atom. The van der Waals surface area contributed by atoms with Crippen LogP contribution in [-0.2, 0) is 16.0 Å². The summed E-state index contributed by atoms with van der Waals surface area (Å²) in [6.45, 7) is 2.22. The molecule has 0 saturated carbocycles. The van der Waals surface area contributed by atoms with Crippen LogP contribution in [0.4, 0.5) is 0 Å². The van der Waals surface area contributed by atoms with Crippen LogP contribution in [0, 0.1) is 0 Å². The number of aryl methyl sites for hydroxylation is 1. The molecular weight excluding hydrogens is 192 g/mol. The number of nitrogens with zero attached hydrogens (tertiary/aromatic N) is 1. The van der Waals surface area contributed by atoms with Crippen molar-refractivity contribution in [3.05, 3.63) is 23.5 Å². The maximum Gasteiger partial charge on any atom is 0.331 e. The first-order valence-corrected chi connectivity index (χ1v) is 5.21. The summed E-state index contributed by atoms with van der Waals surface area (Å²) < 4.78 is 4.89. The van der Waals surface area contributed by atoms with E-state index in [0.717, 1.165) is 30.5 Å². The summed E-state index contributed by atoms with van der Waals surface area (Å²) in [6.07, 6.45) is 6.41. The normalized spacial score (nSPS) is 17.5. The van der Waals surface area contributed by atoms with Crippen LogP contribution in [-0.4, -0.2) is 22.8 Å². The van der Waals surface area contributed by atoms with E-state index < -0.39 is 0 Å². The first-order valence-electron chi connectivity index (χ1n) is 5.21. The average molecular weight is 206 g/mol. The first kappa shape index (κ1) is 9.96. The minimum absolute atomic E-state index is 0.269. The third kappa shape index (κ3) is 2.09. The van der Waals surface area contributed by atoms with E-state index in [9.17, 15) is 4.79 Å². The van der Waals surface area contributed by atoms with Crippen molar-refractivity contribution in [3.8, 4) is 0 Å². The van der Waals surface area contributed by atoms with Gasteiger partial charge in [-0.3, -0.25) is 5.10 Å². The number of carbonyl (C=O) groups is 1. The van der Waals surface area contributed by atoms with Crippen molar-refractivity contribution in [2.45, 2.75) is 26.2 Å².